The first kappa shape index (κ1) is 13.1. The first-order chi connectivity index (χ1) is 7.54. The number of nitrogens with two attached hydrogens (primary N) is 1. The van der Waals surface area contributed by atoms with Crippen LogP contribution in [0.1, 0.15) is 31.4 Å². The SMILES string of the molecule is CNC(CCC(C)N)c1cc(F)ccc1F. The summed E-state index contributed by atoms with van der Waals surface area (Å²) in [5, 5.41) is 2.98. The predicted octanol–water partition coefficient (Wildman–Crippen LogP) is 2.35. The van der Waals surface area contributed by atoms with Crippen LogP contribution in [0.3, 0.4) is 0 Å². The molecule has 0 amide bonds. The summed E-state index contributed by atoms with van der Waals surface area (Å²) >= 11 is 0. The molecule has 0 radical (unpaired) electrons. The number of hydrogen-bond donors (Lipinski definition) is 2. The average molecular weight is 228 g/mol. The molecular formula is C12H18F2N2. The zero-order valence-electron chi connectivity index (χ0n) is 9.63. The van der Waals surface area contributed by atoms with Crippen molar-refractivity contribution in [2.75, 3.05) is 7.05 Å². The summed E-state index contributed by atoms with van der Waals surface area (Å²) < 4.78 is 26.5. The van der Waals surface area contributed by atoms with E-state index in [2.05, 4.69) is 5.32 Å². The second kappa shape index (κ2) is 5.92. The van der Waals surface area contributed by atoms with Crippen molar-refractivity contribution in [2.24, 2.45) is 5.73 Å². The van der Waals surface area contributed by atoms with E-state index >= 15 is 0 Å². The van der Waals surface area contributed by atoms with Crippen molar-refractivity contribution in [1.82, 2.24) is 5.32 Å². The van der Waals surface area contributed by atoms with Crippen LogP contribution in [0.2, 0.25) is 0 Å². The predicted molar refractivity (Wildman–Crippen MR) is 61.0 cm³/mol. The molecule has 2 nitrogen and oxygen atoms in total. The van der Waals surface area contributed by atoms with Crippen molar-refractivity contribution in [3.8, 4) is 0 Å². The van der Waals surface area contributed by atoms with Crippen LogP contribution in [0, 0.1) is 11.6 Å². The lowest BCUT2D eigenvalue weighted by Crippen LogP contribution is -2.22. The van der Waals surface area contributed by atoms with Gasteiger partial charge in [0.25, 0.3) is 0 Å². The molecule has 1 rings (SSSR count). The molecule has 2 unspecified atom stereocenters. The van der Waals surface area contributed by atoms with E-state index in [1.807, 2.05) is 6.92 Å². The fourth-order valence-corrected chi connectivity index (χ4v) is 1.67. The third-order valence-electron chi connectivity index (χ3n) is 2.59. The zero-order chi connectivity index (χ0) is 12.1. The number of hydrogen-bond acceptors (Lipinski definition) is 2. The highest BCUT2D eigenvalue weighted by molar-refractivity contribution is 5.22. The molecule has 0 saturated carbocycles. The number of benzene rings is 1. The van der Waals surface area contributed by atoms with Crippen molar-refractivity contribution in [2.45, 2.75) is 31.8 Å². The molecule has 16 heavy (non-hydrogen) atoms. The second-order valence-electron chi connectivity index (χ2n) is 4.06. The molecule has 90 valence electrons. The number of nitrogens with one attached hydrogen (secondary N) is 1. The van der Waals surface area contributed by atoms with E-state index in [0.717, 1.165) is 18.6 Å². The van der Waals surface area contributed by atoms with Crippen molar-refractivity contribution in [3.05, 3.63) is 35.4 Å². The van der Waals surface area contributed by atoms with Gasteiger partial charge in [-0.3, -0.25) is 0 Å². The smallest absolute Gasteiger partial charge is 0.128 e. The third-order valence-corrected chi connectivity index (χ3v) is 2.59. The summed E-state index contributed by atoms with van der Waals surface area (Å²) in [6.07, 6.45) is 1.45. The monoisotopic (exact) mass is 228 g/mol. The van der Waals surface area contributed by atoms with Gasteiger partial charge in [-0.2, -0.15) is 0 Å². The number of halogens is 2. The molecule has 0 spiro atoms. The van der Waals surface area contributed by atoms with E-state index in [1.165, 1.54) is 6.07 Å². The first-order valence-electron chi connectivity index (χ1n) is 5.42. The summed E-state index contributed by atoms with van der Waals surface area (Å²) in [7, 11) is 1.73. The zero-order valence-corrected chi connectivity index (χ0v) is 9.63. The summed E-state index contributed by atoms with van der Waals surface area (Å²) in [5.74, 6) is -0.803. The Morgan fingerprint density at radius 1 is 1.31 bits per heavy atom. The molecule has 0 bridgehead atoms. The standard InChI is InChI=1S/C12H18F2N2/c1-8(15)3-6-12(16-2)10-7-9(13)4-5-11(10)14/h4-5,7-8,12,16H,3,6,15H2,1-2H3. The highest BCUT2D eigenvalue weighted by Crippen LogP contribution is 2.22. The van der Waals surface area contributed by atoms with E-state index in [-0.39, 0.29) is 17.9 Å². The fraction of sp³-hybridized carbons (Fsp3) is 0.500. The lowest BCUT2D eigenvalue weighted by molar-refractivity contribution is 0.469. The second-order valence-corrected chi connectivity index (χ2v) is 4.06. The van der Waals surface area contributed by atoms with Gasteiger partial charge in [-0.1, -0.05) is 0 Å². The molecule has 1 aromatic carbocycles. The molecule has 0 aliphatic rings. The van der Waals surface area contributed by atoms with Crippen molar-refractivity contribution in [3.63, 3.8) is 0 Å². The van der Waals surface area contributed by atoms with Gasteiger partial charge in [0.2, 0.25) is 0 Å². The van der Waals surface area contributed by atoms with Gasteiger partial charge in [0.15, 0.2) is 0 Å². The van der Waals surface area contributed by atoms with E-state index in [0.29, 0.717) is 12.0 Å². The molecule has 0 saturated heterocycles. The third kappa shape index (κ3) is 3.54. The van der Waals surface area contributed by atoms with Gasteiger partial charge in [-0.05, 0) is 45.0 Å². The Bertz CT molecular complexity index is 340. The van der Waals surface area contributed by atoms with Gasteiger partial charge in [0, 0.05) is 17.6 Å². The minimum absolute atomic E-state index is 0.0625. The molecule has 1 aromatic rings. The largest absolute Gasteiger partial charge is 0.328 e. The summed E-state index contributed by atoms with van der Waals surface area (Å²) in [6, 6.07) is 3.38. The maximum atomic E-state index is 13.5. The minimum Gasteiger partial charge on any atom is -0.328 e. The Labute approximate surface area is 94.8 Å². The van der Waals surface area contributed by atoms with E-state index in [1.54, 1.807) is 7.05 Å². The van der Waals surface area contributed by atoms with E-state index in [9.17, 15) is 8.78 Å². The Morgan fingerprint density at radius 2 is 2.00 bits per heavy atom. The Hall–Kier alpha value is -1.00. The first-order valence-corrected chi connectivity index (χ1v) is 5.42. The Kier molecular flexibility index (Phi) is 4.83. The molecule has 3 N–H and O–H groups in total. The average Bonchev–Trinajstić information content (AvgIpc) is 2.23. The van der Waals surface area contributed by atoms with E-state index in [4.69, 9.17) is 5.73 Å². The summed E-state index contributed by atoms with van der Waals surface area (Å²) in [5.41, 5.74) is 6.01. The molecule has 4 heteroatoms. The van der Waals surface area contributed by atoms with Gasteiger partial charge in [0.05, 0.1) is 0 Å². The quantitative estimate of drug-likeness (QED) is 0.812. The molecule has 0 heterocycles. The van der Waals surface area contributed by atoms with Gasteiger partial charge < -0.3 is 11.1 Å². The lowest BCUT2D eigenvalue weighted by Gasteiger charge is -2.18. The highest BCUT2D eigenvalue weighted by atomic mass is 19.1. The summed E-state index contributed by atoms with van der Waals surface area (Å²) in [4.78, 5) is 0. The minimum atomic E-state index is -0.419. The van der Waals surface area contributed by atoms with Crippen LogP contribution in [-0.2, 0) is 0 Å². The van der Waals surface area contributed by atoms with Gasteiger partial charge >= 0.3 is 0 Å². The Morgan fingerprint density at radius 3 is 2.56 bits per heavy atom. The normalized spacial score (nSPS) is 14.8. The maximum absolute atomic E-state index is 13.5. The van der Waals surface area contributed by atoms with Crippen LogP contribution in [-0.4, -0.2) is 13.1 Å². The van der Waals surface area contributed by atoms with Gasteiger partial charge in [-0.15, -0.1) is 0 Å². The van der Waals surface area contributed by atoms with Crippen LogP contribution in [0.15, 0.2) is 18.2 Å². The maximum Gasteiger partial charge on any atom is 0.128 e. The topological polar surface area (TPSA) is 38.0 Å². The van der Waals surface area contributed by atoms with Crippen LogP contribution in [0.25, 0.3) is 0 Å². The van der Waals surface area contributed by atoms with Crippen LogP contribution in [0.4, 0.5) is 8.78 Å². The Balaban J connectivity index is 2.81. The van der Waals surface area contributed by atoms with Crippen LogP contribution < -0.4 is 11.1 Å². The van der Waals surface area contributed by atoms with Crippen molar-refractivity contribution >= 4 is 0 Å². The van der Waals surface area contributed by atoms with Crippen molar-refractivity contribution in [1.29, 1.82) is 0 Å². The molecule has 0 aliphatic carbocycles. The molecular weight excluding hydrogens is 210 g/mol. The fourth-order valence-electron chi connectivity index (χ4n) is 1.67. The lowest BCUT2D eigenvalue weighted by atomic mass is 9.99. The molecule has 0 fully saturated rings. The van der Waals surface area contributed by atoms with E-state index < -0.39 is 5.82 Å². The summed E-state index contributed by atoms with van der Waals surface area (Å²) in [6.45, 7) is 1.90. The molecule has 2 atom stereocenters. The van der Waals surface area contributed by atoms with Gasteiger partial charge in [-0.25, -0.2) is 8.78 Å². The van der Waals surface area contributed by atoms with Crippen LogP contribution >= 0.6 is 0 Å². The van der Waals surface area contributed by atoms with Gasteiger partial charge in [0.1, 0.15) is 11.6 Å². The molecule has 0 aliphatic heterocycles. The molecule has 0 aromatic heterocycles. The number of rotatable bonds is 5. The van der Waals surface area contributed by atoms with Crippen LogP contribution in [0.5, 0.6) is 0 Å². The van der Waals surface area contributed by atoms with Crippen molar-refractivity contribution < 1.29 is 8.78 Å². The highest BCUT2D eigenvalue weighted by Gasteiger charge is 2.15.